The number of carbonyl (C=O) groups excluding carboxylic acids is 2. The molecule has 0 bridgehead atoms. The number of halogens is 2. The Morgan fingerprint density at radius 3 is 2.57 bits per heavy atom. The molecule has 2 atom stereocenters. The summed E-state index contributed by atoms with van der Waals surface area (Å²) in [5.74, 6) is -4.25. The van der Waals surface area contributed by atoms with E-state index < -0.39 is 34.9 Å². The average molecular weight is 296 g/mol. The summed E-state index contributed by atoms with van der Waals surface area (Å²) in [6, 6.07) is 0. The highest BCUT2D eigenvalue weighted by atomic mass is 19.1. The van der Waals surface area contributed by atoms with Crippen molar-refractivity contribution in [2.45, 2.75) is 38.1 Å². The SMILES string of the molecule is CCC1=C(F)C2C(=O)NC(=O)C2(N2CCCCC2)C(F)=C1. The summed E-state index contributed by atoms with van der Waals surface area (Å²) in [6.45, 7) is 2.68. The Bertz CT molecular complexity index is 564. The van der Waals surface area contributed by atoms with Crippen LogP contribution in [0.2, 0.25) is 0 Å². The third-order valence-corrected chi connectivity index (χ3v) is 4.72. The fourth-order valence-corrected chi connectivity index (χ4v) is 3.66. The topological polar surface area (TPSA) is 49.4 Å². The smallest absolute Gasteiger partial charge is 0.255 e. The molecule has 0 radical (unpaired) electrons. The predicted molar refractivity (Wildman–Crippen MR) is 72.4 cm³/mol. The lowest BCUT2D eigenvalue weighted by atomic mass is 9.76. The second kappa shape index (κ2) is 5.02. The highest BCUT2D eigenvalue weighted by molar-refractivity contribution is 6.13. The third-order valence-electron chi connectivity index (χ3n) is 4.72. The van der Waals surface area contributed by atoms with Crippen molar-refractivity contribution in [3.63, 3.8) is 0 Å². The first-order valence-corrected chi connectivity index (χ1v) is 7.40. The number of carbonyl (C=O) groups is 2. The fourth-order valence-electron chi connectivity index (χ4n) is 3.66. The number of hydrogen-bond acceptors (Lipinski definition) is 3. The summed E-state index contributed by atoms with van der Waals surface area (Å²) >= 11 is 0. The molecule has 3 rings (SSSR count). The van der Waals surface area contributed by atoms with Crippen LogP contribution in [0, 0.1) is 5.92 Å². The van der Waals surface area contributed by atoms with Crippen LogP contribution in [0.25, 0.3) is 0 Å². The van der Waals surface area contributed by atoms with E-state index in [0.717, 1.165) is 25.3 Å². The van der Waals surface area contributed by atoms with Crippen LogP contribution in [0.5, 0.6) is 0 Å². The molecule has 0 saturated carbocycles. The van der Waals surface area contributed by atoms with Gasteiger partial charge in [0.2, 0.25) is 5.91 Å². The molecule has 0 aromatic heterocycles. The monoisotopic (exact) mass is 296 g/mol. The molecule has 114 valence electrons. The second-order valence-corrected chi connectivity index (χ2v) is 5.78. The van der Waals surface area contributed by atoms with Gasteiger partial charge in [-0.15, -0.1) is 0 Å². The highest BCUT2D eigenvalue weighted by Gasteiger charge is 2.65. The molecule has 0 aromatic rings. The maximum atomic E-state index is 14.8. The summed E-state index contributed by atoms with van der Waals surface area (Å²) in [7, 11) is 0. The predicted octanol–water partition coefficient (Wildman–Crippen LogP) is 1.98. The zero-order chi connectivity index (χ0) is 15.2. The van der Waals surface area contributed by atoms with Crippen molar-refractivity contribution in [2.24, 2.45) is 5.92 Å². The summed E-state index contributed by atoms with van der Waals surface area (Å²) < 4.78 is 29.4. The van der Waals surface area contributed by atoms with E-state index in [9.17, 15) is 18.4 Å². The van der Waals surface area contributed by atoms with Gasteiger partial charge in [-0.25, -0.2) is 8.78 Å². The molecule has 1 aliphatic carbocycles. The maximum absolute atomic E-state index is 14.8. The lowest BCUT2D eigenvalue weighted by Gasteiger charge is -2.44. The summed E-state index contributed by atoms with van der Waals surface area (Å²) in [6.07, 6.45) is 4.01. The lowest BCUT2D eigenvalue weighted by molar-refractivity contribution is -0.131. The largest absolute Gasteiger partial charge is 0.294 e. The molecule has 2 amide bonds. The van der Waals surface area contributed by atoms with E-state index in [1.807, 2.05) is 0 Å². The quantitative estimate of drug-likeness (QED) is 0.793. The van der Waals surface area contributed by atoms with Crippen LogP contribution in [0.4, 0.5) is 8.78 Å². The van der Waals surface area contributed by atoms with E-state index in [1.54, 1.807) is 11.8 Å². The normalized spacial score (nSPS) is 33.9. The van der Waals surface area contributed by atoms with Crippen LogP contribution < -0.4 is 5.32 Å². The number of hydrogen-bond donors (Lipinski definition) is 1. The van der Waals surface area contributed by atoms with Gasteiger partial charge >= 0.3 is 0 Å². The summed E-state index contributed by atoms with van der Waals surface area (Å²) in [4.78, 5) is 26.0. The van der Waals surface area contributed by atoms with E-state index in [2.05, 4.69) is 5.32 Å². The first-order chi connectivity index (χ1) is 10.0. The molecule has 0 spiro atoms. The number of fused-ring (bicyclic) bond motifs is 1. The number of amides is 2. The Kier molecular flexibility index (Phi) is 3.43. The van der Waals surface area contributed by atoms with Crippen molar-refractivity contribution in [3.8, 4) is 0 Å². The van der Waals surface area contributed by atoms with Gasteiger partial charge < -0.3 is 0 Å². The van der Waals surface area contributed by atoms with Gasteiger partial charge in [0.25, 0.3) is 5.91 Å². The van der Waals surface area contributed by atoms with Crippen LogP contribution in [0.15, 0.2) is 23.3 Å². The number of likely N-dealkylation sites (tertiary alicyclic amines) is 1. The molecule has 2 fully saturated rings. The van der Waals surface area contributed by atoms with Gasteiger partial charge in [-0.3, -0.25) is 19.8 Å². The van der Waals surface area contributed by atoms with Crippen molar-refractivity contribution in [1.29, 1.82) is 0 Å². The van der Waals surface area contributed by atoms with Gasteiger partial charge in [-0.05, 0) is 44.0 Å². The van der Waals surface area contributed by atoms with Gasteiger partial charge in [0.05, 0.1) is 0 Å². The Labute approximate surface area is 121 Å². The average Bonchev–Trinajstić information content (AvgIpc) is 2.76. The first-order valence-electron chi connectivity index (χ1n) is 7.40. The van der Waals surface area contributed by atoms with E-state index >= 15 is 0 Å². The minimum absolute atomic E-state index is 0.162. The number of allylic oxidation sites excluding steroid dienone is 2. The molecule has 6 heteroatoms. The summed E-state index contributed by atoms with van der Waals surface area (Å²) in [5, 5.41) is 2.13. The molecule has 0 aromatic carbocycles. The molecule has 3 aliphatic rings. The first kappa shape index (κ1) is 14.4. The van der Waals surface area contributed by atoms with Crippen LogP contribution in [0.3, 0.4) is 0 Å². The number of nitrogens with zero attached hydrogens (tertiary/aromatic N) is 1. The Morgan fingerprint density at radius 2 is 1.95 bits per heavy atom. The molecule has 2 saturated heterocycles. The van der Waals surface area contributed by atoms with E-state index in [-0.39, 0.29) is 12.0 Å². The van der Waals surface area contributed by atoms with Crippen molar-refractivity contribution in [2.75, 3.05) is 13.1 Å². The zero-order valence-corrected chi connectivity index (χ0v) is 11.9. The zero-order valence-electron chi connectivity index (χ0n) is 11.9. The van der Waals surface area contributed by atoms with Crippen molar-refractivity contribution < 1.29 is 18.4 Å². The molecule has 2 heterocycles. The Balaban J connectivity index is 2.15. The minimum atomic E-state index is -1.81. The number of nitrogens with one attached hydrogen (secondary N) is 1. The van der Waals surface area contributed by atoms with Gasteiger partial charge in [0.1, 0.15) is 17.6 Å². The Hall–Kier alpha value is -1.56. The lowest BCUT2D eigenvalue weighted by Crippen LogP contribution is -2.60. The van der Waals surface area contributed by atoms with Crippen LogP contribution in [0.1, 0.15) is 32.6 Å². The fraction of sp³-hybridized carbons (Fsp3) is 0.600. The molecule has 2 aliphatic heterocycles. The second-order valence-electron chi connectivity index (χ2n) is 5.78. The molecule has 21 heavy (non-hydrogen) atoms. The number of rotatable bonds is 2. The molecule has 4 nitrogen and oxygen atoms in total. The van der Waals surface area contributed by atoms with E-state index in [1.165, 1.54) is 0 Å². The number of piperidine rings is 1. The van der Waals surface area contributed by atoms with Crippen LogP contribution in [-0.4, -0.2) is 35.3 Å². The van der Waals surface area contributed by atoms with Gasteiger partial charge in [0.15, 0.2) is 5.54 Å². The standard InChI is InChI=1S/C15H18F2N2O2/c1-2-9-8-10(16)15(19-6-4-3-5-7-19)11(12(9)17)13(20)18-14(15)21/h8,11H,2-7H2,1H3,(H,18,20,21). The van der Waals surface area contributed by atoms with E-state index in [4.69, 9.17) is 0 Å². The van der Waals surface area contributed by atoms with Crippen molar-refractivity contribution in [3.05, 3.63) is 23.3 Å². The molecular weight excluding hydrogens is 278 g/mol. The van der Waals surface area contributed by atoms with Gasteiger partial charge in [0, 0.05) is 0 Å². The van der Waals surface area contributed by atoms with Crippen LogP contribution >= 0.6 is 0 Å². The minimum Gasteiger partial charge on any atom is -0.294 e. The molecule has 1 N–H and O–H groups in total. The third kappa shape index (κ3) is 1.81. The Morgan fingerprint density at radius 1 is 1.29 bits per heavy atom. The molecular formula is C15H18F2N2O2. The highest BCUT2D eigenvalue weighted by Crippen LogP contribution is 2.48. The van der Waals surface area contributed by atoms with Crippen molar-refractivity contribution in [1.82, 2.24) is 10.2 Å². The van der Waals surface area contributed by atoms with Gasteiger partial charge in [-0.2, -0.15) is 0 Å². The summed E-state index contributed by atoms with van der Waals surface area (Å²) in [5.41, 5.74) is -1.64. The molecule has 2 unspecified atom stereocenters. The van der Waals surface area contributed by atoms with Crippen molar-refractivity contribution >= 4 is 11.8 Å². The van der Waals surface area contributed by atoms with E-state index in [0.29, 0.717) is 13.1 Å². The number of imide groups is 1. The van der Waals surface area contributed by atoms with Crippen LogP contribution in [-0.2, 0) is 9.59 Å². The van der Waals surface area contributed by atoms with Gasteiger partial charge in [-0.1, -0.05) is 13.3 Å². The maximum Gasteiger partial charge on any atom is 0.255 e.